The summed E-state index contributed by atoms with van der Waals surface area (Å²) in [7, 11) is 1.95. The van der Waals surface area contributed by atoms with Gasteiger partial charge in [0.25, 0.3) is 0 Å². The molecule has 0 fully saturated rings. The van der Waals surface area contributed by atoms with Crippen LogP contribution in [0.2, 0.25) is 0 Å². The van der Waals surface area contributed by atoms with E-state index in [0.29, 0.717) is 5.89 Å². The topological polar surface area (TPSA) is 51.0 Å². The first kappa shape index (κ1) is 10.8. The number of pyridine rings is 1. The first-order valence-electron chi connectivity index (χ1n) is 5.40. The van der Waals surface area contributed by atoms with Crippen molar-refractivity contribution in [2.45, 2.75) is 12.8 Å². The van der Waals surface area contributed by atoms with Crippen molar-refractivity contribution >= 4 is 0 Å². The fourth-order valence-electron chi connectivity index (χ4n) is 1.49. The van der Waals surface area contributed by atoms with Crippen LogP contribution < -0.4 is 5.32 Å². The quantitative estimate of drug-likeness (QED) is 0.777. The summed E-state index contributed by atoms with van der Waals surface area (Å²) in [6, 6.07) is 3.78. The summed E-state index contributed by atoms with van der Waals surface area (Å²) >= 11 is 0. The molecule has 84 valence electrons. The van der Waals surface area contributed by atoms with Gasteiger partial charge in [0.05, 0.1) is 6.20 Å². The third-order valence-electron chi connectivity index (χ3n) is 2.33. The van der Waals surface area contributed by atoms with Crippen LogP contribution in [0.25, 0.3) is 11.5 Å². The van der Waals surface area contributed by atoms with Crippen LogP contribution in [-0.2, 0) is 6.42 Å². The van der Waals surface area contributed by atoms with Crippen molar-refractivity contribution in [3.8, 4) is 11.5 Å². The molecule has 0 aliphatic carbocycles. The Morgan fingerprint density at radius 2 is 2.12 bits per heavy atom. The van der Waals surface area contributed by atoms with E-state index in [1.807, 2.05) is 19.2 Å². The van der Waals surface area contributed by atoms with Crippen LogP contribution in [-0.4, -0.2) is 23.6 Å². The second-order valence-corrected chi connectivity index (χ2v) is 3.57. The second kappa shape index (κ2) is 5.42. The molecule has 1 N–H and O–H groups in total. The second-order valence-electron chi connectivity index (χ2n) is 3.57. The molecule has 0 amide bonds. The summed E-state index contributed by atoms with van der Waals surface area (Å²) in [4.78, 5) is 8.21. The van der Waals surface area contributed by atoms with Gasteiger partial charge in [-0.15, -0.1) is 0 Å². The zero-order valence-corrected chi connectivity index (χ0v) is 9.31. The van der Waals surface area contributed by atoms with E-state index >= 15 is 0 Å². The normalized spacial score (nSPS) is 10.6. The van der Waals surface area contributed by atoms with Crippen LogP contribution in [0.1, 0.15) is 12.2 Å². The Morgan fingerprint density at radius 3 is 2.88 bits per heavy atom. The zero-order chi connectivity index (χ0) is 11.2. The maximum absolute atomic E-state index is 5.65. The van der Waals surface area contributed by atoms with E-state index < -0.39 is 0 Å². The first-order valence-corrected chi connectivity index (χ1v) is 5.40. The molecule has 0 atom stereocenters. The van der Waals surface area contributed by atoms with E-state index in [2.05, 4.69) is 15.3 Å². The highest BCUT2D eigenvalue weighted by atomic mass is 16.4. The van der Waals surface area contributed by atoms with Crippen molar-refractivity contribution in [1.82, 2.24) is 15.3 Å². The average Bonchev–Trinajstić information content (AvgIpc) is 2.79. The van der Waals surface area contributed by atoms with Crippen molar-refractivity contribution in [3.05, 3.63) is 36.5 Å². The summed E-state index contributed by atoms with van der Waals surface area (Å²) < 4.78 is 5.65. The molecule has 0 aliphatic rings. The molecule has 16 heavy (non-hydrogen) atoms. The van der Waals surface area contributed by atoms with E-state index in [1.54, 1.807) is 18.6 Å². The standard InChI is InChI=1S/C12H15N3O/c1-13-6-2-3-11-9-15-12(16-11)10-4-7-14-8-5-10/h4-5,7-9,13H,2-3,6H2,1H3. The van der Waals surface area contributed by atoms with Crippen LogP contribution in [0.5, 0.6) is 0 Å². The fraction of sp³-hybridized carbons (Fsp3) is 0.333. The lowest BCUT2D eigenvalue weighted by atomic mass is 10.3. The molecular formula is C12H15N3O. The Hall–Kier alpha value is -1.68. The Labute approximate surface area is 94.7 Å². The minimum Gasteiger partial charge on any atom is -0.441 e. The Morgan fingerprint density at radius 1 is 1.31 bits per heavy atom. The molecule has 4 nitrogen and oxygen atoms in total. The monoisotopic (exact) mass is 217 g/mol. The van der Waals surface area contributed by atoms with Gasteiger partial charge in [0.1, 0.15) is 5.76 Å². The number of hydrogen-bond donors (Lipinski definition) is 1. The van der Waals surface area contributed by atoms with Crippen molar-refractivity contribution in [2.24, 2.45) is 0 Å². The van der Waals surface area contributed by atoms with E-state index in [4.69, 9.17) is 4.42 Å². The third kappa shape index (κ3) is 2.67. The van der Waals surface area contributed by atoms with Crippen molar-refractivity contribution in [3.63, 3.8) is 0 Å². The zero-order valence-electron chi connectivity index (χ0n) is 9.31. The predicted octanol–water partition coefficient (Wildman–Crippen LogP) is 1.89. The lowest BCUT2D eigenvalue weighted by molar-refractivity contribution is 0.507. The number of nitrogens with one attached hydrogen (secondary N) is 1. The van der Waals surface area contributed by atoms with Crippen molar-refractivity contribution < 1.29 is 4.42 Å². The average molecular weight is 217 g/mol. The van der Waals surface area contributed by atoms with Crippen LogP contribution >= 0.6 is 0 Å². The summed E-state index contributed by atoms with van der Waals surface area (Å²) in [5.41, 5.74) is 0.967. The Kier molecular flexibility index (Phi) is 3.66. The number of aryl methyl sites for hydroxylation is 1. The Bertz CT molecular complexity index is 425. The molecule has 2 aromatic rings. The van der Waals surface area contributed by atoms with Crippen molar-refractivity contribution in [2.75, 3.05) is 13.6 Å². The molecule has 0 unspecified atom stereocenters. The SMILES string of the molecule is CNCCCc1cnc(-c2ccncc2)o1. The van der Waals surface area contributed by atoms with Gasteiger partial charge in [-0.05, 0) is 32.1 Å². The number of nitrogens with zero attached hydrogens (tertiary/aromatic N) is 2. The minimum absolute atomic E-state index is 0.668. The van der Waals surface area contributed by atoms with Crippen LogP contribution in [0.4, 0.5) is 0 Å². The maximum atomic E-state index is 5.65. The number of aromatic nitrogens is 2. The Balaban J connectivity index is 2.02. The van der Waals surface area contributed by atoms with Gasteiger partial charge in [-0.1, -0.05) is 0 Å². The molecule has 2 aromatic heterocycles. The summed E-state index contributed by atoms with van der Waals surface area (Å²) in [6.45, 7) is 0.991. The van der Waals surface area contributed by atoms with E-state index in [0.717, 1.165) is 30.7 Å². The molecule has 0 saturated heterocycles. The molecule has 2 heterocycles. The van der Waals surface area contributed by atoms with Gasteiger partial charge in [0.15, 0.2) is 0 Å². The smallest absolute Gasteiger partial charge is 0.226 e. The third-order valence-corrected chi connectivity index (χ3v) is 2.33. The first-order chi connectivity index (χ1) is 7.90. The summed E-state index contributed by atoms with van der Waals surface area (Å²) in [5, 5.41) is 3.11. The highest BCUT2D eigenvalue weighted by Crippen LogP contribution is 2.18. The van der Waals surface area contributed by atoms with Gasteiger partial charge >= 0.3 is 0 Å². The van der Waals surface area contributed by atoms with Crippen molar-refractivity contribution in [1.29, 1.82) is 0 Å². The van der Waals surface area contributed by atoms with Crippen LogP contribution in [0.3, 0.4) is 0 Å². The highest BCUT2D eigenvalue weighted by molar-refractivity contribution is 5.51. The number of rotatable bonds is 5. The fourth-order valence-corrected chi connectivity index (χ4v) is 1.49. The molecular weight excluding hydrogens is 202 g/mol. The van der Waals surface area contributed by atoms with Gasteiger partial charge in [-0.2, -0.15) is 0 Å². The summed E-state index contributed by atoms with van der Waals surface area (Å²) in [6.07, 6.45) is 7.24. The van der Waals surface area contributed by atoms with Gasteiger partial charge in [-0.25, -0.2) is 4.98 Å². The van der Waals surface area contributed by atoms with Gasteiger partial charge in [-0.3, -0.25) is 4.98 Å². The molecule has 0 aromatic carbocycles. The van der Waals surface area contributed by atoms with E-state index in [1.165, 1.54) is 0 Å². The molecule has 0 bridgehead atoms. The highest BCUT2D eigenvalue weighted by Gasteiger charge is 2.05. The van der Waals surface area contributed by atoms with Gasteiger partial charge in [0.2, 0.25) is 5.89 Å². The molecule has 2 rings (SSSR count). The van der Waals surface area contributed by atoms with Crippen LogP contribution in [0.15, 0.2) is 35.1 Å². The van der Waals surface area contributed by atoms with Gasteiger partial charge in [0, 0.05) is 24.4 Å². The maximum Gasteiger partial charge on any atom is 0.226 e. The summed E-state index contributed by atoms with van der Waals surface area (Å²) in [5.74, 6) is 1.60. The lowest BCUT2D eigenvalue weighted by Crippen LogP contribution is -2.08. The minimum atomic E-state index is 0.668. The molecule has 0 spiro atoms. The van der Waals surface area contributed by atoms with Gasteiger partial charge < -0.3 is 9.73 Å². The molecule has 4 heteroatoms. The molecule has 0 radical (unpaired) electrons. The van der Waals surface area contributed by atoms with E-state index in [-0.39, 0.29) is 0 Å². The number of hydrogen-bond acceptors (Lipinski definition) is 4. The largest absolute Gasteiger partial charge is 0.441 e. The number of oxazole rings is 1. The predicted molar refractivity (Wildman–Crippen MR) is 62.0 cm³/mol. The molecule has 0 aliphatic heterocycles. The molecule has 0 saturated carbocycles. The van der Waals surface area contributed by atoms with E-state index in [9.17, 15) is 0 Å². The van der Waals surface area contributed by atoms with Crippen LogP contribution in [0, 0.1) is 0 Å². The lowest BCUT2D eigenvalue weighted by Gasteiger charge is -1.96.